The zero-order chi connectivity index (χ0) is 52.9. The molecule has 64 heavy (non-hydrogen) atoms. The predicted octanol–water partition coefficient (Wildman–Crippen LogP) is 15.8. The number of imidazole rings is 1. The molecule has 0 bridgehead atoms. The number of fused-ring (bicyclic) bond motifs is 1. The molecule has 8 rings (SSSR count). The summed E-state index contributed by atoms with van der Waals surface area (Å²) >= 11 is 0. The molecule has 8 aromatic rings. The molecule has 0 amide bonds. The van der Waals surface area contributed by atoms with Crippen LogP contribution in [0.15, 0.2) is 133 Å². The smallest absolute Gasteiger partial charge is 0.148 e. The summed E-state index contributed by atoms with van der Waals surface area (Å²) in [7, 11) is 0. The first-order valence-corrected chi connectivity index (χ1v) is 21.6. The molecule has 0 aliphatic rings. The summed E-state index contributed by atoms with van der Waals surface area (Å²) in [5, 5.41) is 12.6. The number of phenols is 1. The molecular weight excluding hydrogens is 962 g/mol. The van der Waals surface area contributed by atoms with Crippen LogP contribution in [0.2, 0.25) is 0 Å². The Hall–Kier alpha value is -5.57. The molecule has 0 saturated carbocycles. The second-order valence-corrected chi connectivity index (χ2v) is 20.7. The SMILES string of the molecule is [2H]c1nc(-c2[c-]c(-c3cccc4c3nc(-c3cc(C(C)(C)C)cc(C(C)(C)C)c3O)n4-c3ccc(C(C)(C)C)cc3-c3ccccc3)cc(C(C)(C)C)c2)cc(-c2c([2H])c([2H])c([2H])c(C([2H])([2H])[2H])c2[2H])c1[2H].[Pt]. The fraction of sp³-hybridized carbons (Fsp3) is 0.288. The summed E-state index contributed by atoms with van der Waals surface area (Å²) in [6.45, 7) is 22.6. The Morgan fingerprint density at radius 2 is 1.28 bits per heavy atom. The van der Waals surface area contributed by atoms with Gasteiger partial charge in [0.25, 0.3) is 0 Å². The van der Waals surface area contributed by atoms with Gasteiger partial charge in [-0.1, -0.05) is 185 Å². The van der Waals surface area contributed by atoms with Gasteiger partial charge in [0.15, 0.2) is 0 Å². The first kappa shape index (κ1) is 35.7. The van der Waals surface area contributed by atoms with Crippen molar-refractivity contribution in [2.75, 3.05) is 0 Å². The Morgan fingerprint density at radius 3 is 1.95 bits per heavy atom. The van der Waals surface area contributed by atoms with Gasteiger partial charge in [0.2, 0.25) is 0 Å². The Morgan fingerprint density at radius 1 is 0.609 bits per heavy atom. The minimum atomic E-state index is -2.95. The number of hydrogen-bond donors (Lipinski definition) is 1. The summed E-state index contributed by atoms with van der Waals surface area (Å²) in [5.41, 5.74) is 8.19. The van der Waals surface area contributed by atoms with E-state index in [1.165, 1.54) is 6.07 Å². The van der Waals surface area contributed by atoms with Crippen molar-refractivity contribution in [3.8, 4) is 67.5 Å². The van der Waals surface area contributed by atoms with Crippen LogP contribution in [0.4, 0.5) is 0 Å². The fourth-order valence-corrected chi connectivity index (χ4v) is 7.99. The van der Waals surface area contributed by atoms with Gasteiger partial charge >= 0.3 is 0 Å². The molecule has 0 radical (unpaired) electrons. The van der Waals surface area contributed by atoms with Crippen molar-refractivity contribution in [1.29, 1.82) is 0 Å². The van der Waals surface area contributed by atoms with Crippen molar-refractivity contribution in [2.45, 2.75) is 112 Å². The molecule has 0 aliphatic carbocycles. The first-order valence-electron chi connectivity index (χ1n) is 26.1. The normalized spacial score (nSPS) is 14.6. The van der Waals surface area contributed by atoms with Gasteiger partial charge < -0.3 is 5.11 Å². The van der Waals surface area contributed by atoms with E-state index in [9.17, 15) is 5.11 Å². The van der Waals surface area contributed by atoms with Crippen LogP contribution < -0.4 is 0 Å². The number of phenolic OH excluding ortho intramolecular Hbond substituents is 1. The quantitative estimate of drug-likeness (QED) is 0.169. The van der Waals surface area contributed by atoms with E-state index < -0.39 is 59.6 Å². The molecule has 0 spiro atoms. The minimum Gasteiger partial charge on any atom is -0.507 e. The van der Waals surface area contributed by atoms with Crippen LogP contribution in [0.1, 0.15) is 123 Å². The van der Waals surface area contributed by atoms with E-state index in [0.29, 0.717) is 33.6 Å². The van der Waals surface area contributed by atoms with Gasteiger partial charge in [0.1, 0.15) is 11.6 Å². The number of pyridine rings is 1. The Labute approximate surface area is 408 Å². The van der Waals surface area contributed by atoms with Crippen molar-refractivity contribution in [1.82, 2.24) is 14.5 Å². The van der Waals surface area contributed by atoms with Gasteiger partial charge in [0, 0.05) is 48.2 Å². The van der Waals surface area contributed by atoms with Gasteiger partial charge in [-0.25, -0.2) is 4.98 Å². The van der Waals surface area contributed by atoms with Gasteiger partial charge in [-0.15, -0.1) is 29.3 Å². The Balaban J connectivity index is 0.00000780. The molecule has 6 aromatic carbocycles. The first-order chi connectivity index (χ1) is 33.3. The van der Waals surface area contributed by atoms with Crippen LogP contribution in [0.5, 0.6) is 5.75 Å². The molecular formula is C59H62N3OPt-. The van der Waals surface area contributed by atoms with Crippen molar-refractivity contribution in [2.24, 2.45) is 0 Å². The van der Waals surface area contributed by atoms with Crippen LogP contribution >= 0.6 is 0 Å². The predicted molar refractivity (Wildman–Crippen MR) is 266 cm³/mol. The van der Waals surface area contributed by atoms with E-state index in [0.717, 1.165) is 44.6 Å². The third-order valence-corrected chi connectivity index (χ3v) is 11.7. The second-order valence-electron chi connectivity index (χ2n) is 20.7. The zero-order valence-electron chi connectivity index (χ0n) is 47.8. The average molecular weight is 1030 g/mol. The molecule has 0 fully saturated rings. The average Bonchev–Trinajstić information content (AvgIpc) is 3.67. The van der Waals surface area contributed by atoms with Crippen LogP contribution in [0, 0.1) is 12.9 Å². The van der Waals surface area contributed by atoms with Gasteiger partial charge in [-0.3, -0.25) is 9.55 Å². The van der Waals surface area contributed by atoms with Crippen molar-refractivity contribution in [3.63, 3.8) is 0 Å². The maximum atomic E-state index is 12.6. The standard InChI is InChI=1S/C59H62N3O.Pt/c1-37-19-17-22-39(29-37)40-27-28-60-50(33-40)42-30-41(31-44(32-42)57(5,6)7)46-23-18-24-52-53(46)61-55(48-35-45(58(8,9)10)36-49(54(48)63)59(11,12)13)62(52)51-26-25-43(56(2,3)4)34-47(51)38-20-15-14-16-21-38;/h14-29,31-36,63H,1-13H3;/q-1;/i1D3,17D,19D,22D,27D,28D,29D;. The second kappa shape index (κ2) is 17.1. The van der Waals surface area contributed by atoms with Crippen LogP contribution in [0.25, 0.3) is 72.7 Å². The van der Waals surface area contributed by atoms with Crippen LogP contribution in [-0.4, -0.2) is 19.6 Å². The molecule has 0 unspecified atom stereocenters. The molecule has 5 heteroatoms. The zero-order valence-corrected chi connectivity index (χ0v) is 41.1. The molecule has 2 aromatic heterocycles. The summed E-state index contributed by atoms with van der Waals surface area (Å²) in [6, 6.07) is 32.8. The summed E-state index contributed by atoms with van der Waals surface area (Å²) in [4.78, 5) is 10.1. The maximum Gasteiger partial charge on any atom is 0.148 e. The molecule has 330 valence electrons. The van der Waals surface area contributed by atoms with E-state index >= 15 is 0 Å². The number of benzene rings is 6. The minimum absolute atomic E-state index is 0. The van der Waals surface area contributed by atoms with Crippen molar-refractivity contribution in [3.05, 3.63) is 167 Å². The molecule has 1 N–H and O–H groups in total. The molecule has 0 saturated heterocycles. The molecule has 0 aliphatic heterocycles. The van der Waals surface area contributed by atoms with Gasteiger partial charge in [-0.2, -0.15) is 0 Å². The van der Waals surface area contributed by atoms with Crippen LogP contribution in [-0.2, 0) is 42.7 Å². The van der Waals surface area contributed by atoms with Gasteiger partial charge in [-0.05, 0) is 86.6 Å². The van der Waals surface area contributed by atoms with Crippen molar-refractivity contribution >= 4 is 11.0 Å². The number of aromatic hydroxyl groups is 1. The summed E-state index contributed by atoms with van der Waals surface area (Å²) < 4.78 is 78.9. The number of rotatable bonds is 6. The maximum absolute atomic E-state index is 12.6. The topological polar surface area (TPSA) is 50.9 Å². The Bertz CT molecular complexity index is 3460. The van der Waals surface area contributed by atoms with E-state index in [2.05, 4.69) is 141 Å². The van der Waals surface area contributed by atoms with E-state index in [1.54, 1.807) is 0 Å². The molecule has 4 nitrogen and oxygen atoms in total. The van der Waals surface area contributed by atoms with Crippen LogP contribution in [0.3, 0.4) is 0 Å². The van der Waals surface area contributed by atoms with Crippen molar-refractivity contribution < 1.29 is 38.5 Å². The van der Waals surface area contributed by atoms with E-state index in [1.807, 2.05) is 48.5 Å². The Kier molecular flexibility index (Phi) is 9.55. The number of aromatic nitrogens is 3. The fourth-order valence-electron chi connectivity index (χ4n) is 7.99. The third-order valence-electron chi connectivity index (χ3n) is 11.7. The third kappa shape index (κ3) is 9.18. The molecule has 2 heterocycles. The van der Waals surface area contributed by atoms with Gasteiger partial charge in [0.05, 0.1) is 30.5 Å². The molecule has 0 atom stereocenters. The number of para-hydroxylation sites is 1. The number of hydrogen-bond acceptors (Lipinski definition) is 3. The van der Waals surface area contributed by atoms with E-state index in [4.69, 9.17) is 17.3 Å². The summed E-state index contributed by atoms with van der Waals surface area (Å²) in [5.74, 6) is 0.681. The summed E-state index contributed by atoms with van der Waals surface area (Å²) in [6.07, 6.45) is -0.488. The monoisotopic (exact) mass is 1030 g/mol. The largest absolute Gasteiger partial charge is 0.507 e. The van der Waals surface area contributed by atoms with E-state index in [-0.39, 0.29) is 54.5 Å². The number of nitrogens with zero attached hydrogens (tertiary/aromatic N) is 3.